The number of amides is 3. The van der Waals surface area contributed by atoms with E-state index in [1.54, 1.807) is 43.3 Å². The molecule has 3 rings (SSSR count). The quantitative estimate of drug-likeness (QED) is 0.229. The minimum absolute atomic E-state index is 0.204. The van der Waals surface area contributed by atoms with Gasteiger partial charge < -0.3 is 20.5 Å². The molecule has 0 aliphatic heterocycles. The molecule has 3 aromatic rings. The van der Waals surface area contributed by atoms with Crippen LogP contribution >= 0.6 is 23.2 Å². The van der Waals surface area contributed by atoms with Crippen LogP contribution in [-0.4, -0.2) is 30.5 Å². The molecular formula is C25H22Cl2N4O5. The summed E-state index contributed by atoms with van der Waals surface area (Å²) in [5.74, 6) is -1.58. The van der Waals surface area contributed by atoms with Crippen molar-refractivity contribution in [3.05, 3.63) is 87.4 Å². The van der Waals surface area contributed by atoms with Gasteiger partial charge in [-0.05, 0) is 61.5 Å². The third-order valence-corrected chi connectivity index (χ3v) is 5.53. The molecule has 0 heterocycles. The molecule has 0 atom stereocenters. The van der Waals surface area contributed by atoms with E-state index in [0.29, 0.717) is 38.5 Å². The molecule has 0 radical (unpaired) electrons. The number of anilines is 1. The second-order valence-electron chi connectivity index (χ2n) is 7.42. The number of ether oxygens (including phenoxy) is 2. The zero-order valence-corrected chi connectivity index (χ0v) is 20.8. The van der Waals surface area contributed by atoms with Gasteiger partial charge in [0, 0.05) is 32.4 Å². The Kier molecular flexibility index (Phi) is 8.88. The van der Waals surface area contributed by atoms with Crippen molar-refractivity contribution < 1.29 is 23.9 Å². The summed E-state index contributed by atoms with van der Waals surface area (Å²) in [6, 6.07) is 16.0. The maximum atomic E-state index is 12.1. The van der Waals surface area contributed by atoms with Crippen molar-refractivity contribution in [1.82, 2.24) is 5.43 Å². The molecule has 186 valence electrons. The van der Waals surface area contributed by atoms with Crippen LogP contribution in [0.2, 0.25) is 10.0 Å². The zero-order valence-electron chi connectivity index (χ0n) is 19.3. The van der Waals surface area contributed by atoms with Gasteiger partial charge in [-0.3, -0.25) is 14.4 Å². The smallest absolute Gasteiger partial charge is 0.329 e. The fourth-order valence-electron chi connectivity index (χ4n) is 2.96. The van der Waals surface area contributed by atoms with E-state index in [1.807, 2.05) is 0 Å². The average molecular weight is 529 g/mol. The van der Waals surface area contributed by atoms with Crippen molar-refractivity contribution in [3.63, 3.8) is 0 Å². The normalized spacial score (nSPS) is 10.9. The predicted molar refractivity (Wildman–Crippen MR) is 138 cm³/mol. The Morgan fingerprint density at radius 3 is 2.25 bits per heavy atom. The average Bonchev–Trinajstić information content (AvgIpc) is 2.86. The molecular weight excluding hydrogens is 507 g/mol. The Balaban J connectivity index is 1.62. The van der Waals surface area contributed by atoms with Crippen LogP contribution in [0.15, 0.2) is 65.8 Å². The molecule has 0 aliphatic rings. The number of benzene rings is 3. The summed E-state index contributed by atoms with van der Waals surface area (Å²) in [4.78, 5) is 35.4. The number of carbonyl (C=O) groups is 3. The molecule has 0 fully saturated rings. The highest BCUT2D eigenvalue weighted by atomic mass is 35.5. The lowest BCUT2D eigenvalue weighted by molar-refractivity contribution is -0.136. The molecule has 0 spiro atoms. The number of nitrogens with two attached hydrogens (primary N) is 1. The molecule has 36 heavy (non-hydrogen) atoms. The summed E-state index contributed by atoms with van der Waals surface area (Å²) in [6.45, 7) is 1.86. The van der Waals surface area contributed by atoms with Crippen LogP contribution in [0.1, 0.15) is 28.4 Å². The monoisotopic (exact) mass is 528 g/mol. The molecule has 0 aromatic heterocycles. The van der Waals surface area contributed by atoms with E-state index in [2.05, 4.69) is 15.8 Å². The molecule has 0 bridgehead atoms. The number of nitrogens with zero attached hydrogens (tertiary/aromatic N) is 1. The first-order valence-electron chi connectivity index (χ1n) is 10.5. The number of carbonyl (C=O) groups excluding carboxylic acids is 3. The number of methoxy groups -OCH3 is 1. The van der Waals surface area contributed by atoms with Gasteiger partial charge in [0.1, 0.15) is 6.61 Å². The molecule has 3 amide bonds. The van der Waals surface area contributed by atoms with Crippen LogP contribution in [0.5, 0.6) is 11.5 Å². The number of rotatable bonds is 8. The lowest BCUT2D eigenvalue weighted by Crippen LogP contribution is -2.33. The highest BCUT2D eigenvalue weighted by Gasteiger charge is 2.14. The second-order valence-corrected chi connectivity index (χ2v) is 8.27. The van der Waals surface area contributed by atoms with Gasteiger partial charge >= 0.3 is 11.8 Å². The van der Waals surface area contributed by atoms with Crippen molar-refractivity contribution in [2.45, 2.75) is 13.5 Å². The second kappa shape index (κ2) is 12.1. The van der Waals surface area contributed by atoms with Crippen molar-refractivity contribution in [2.24, 2.45) is 10.8 Å². The van der Waals surface area contributed by atoms with E-state index in [0.717, 1.165) is 5.56 Å². The maximum absolute atomic E-state index is 12.1. The summed E-state index contributed by atoms with van der Waals surface area (Å²) in [5, 5.41) is 7.41. The van der Waals surface area contributed by atoms with Gasteiger partial charge in [-0.15, -0.1) is 0 Å². The maximum Gasteiger partial charge on any atom is 0.329 e. The molecule has 0 unspecified atom stereocenters. The van der Waals surface area contributed by atoms with Gasteiger partial charge in [0.05, 0.1) is 12.8 Å². The minimum atomic E-state index is -0.972. The molecule has 4 N–H and O–H groups in total. The van der Waals surface area contributed by atoms with Crippen molar-refractivity contribution in [2.75, 3.05) is 12.4 Å². The van der Waals surface area contributed by atoms with Crippen LogP contribution in [0.25, 0.3) is 0 Å². The van der Waals surface area contributed by atoms with E-state index in [9.17, 15) is 14.4 Å². The Morgan fingerprint density at radius 1 is 0.917 bits per heavy atom. The van der Waals surface area contributed by atoms with Crippen LogP contribution < -0.4 is 25.9 Å². The van der Waals surface area contributed by atoms with Crippen molar-refractivity contribution >= 4 is 52.3 Å². The van der Waals surface area contributed by atoms with E-state index in [1.165, 1.54) is 31.4 Å². The SMILES string of the molecule is COc1cc(/C(C)=N/NC(=O)C(=O)Nc2ccc(C(N)=O)cc2)ccc1OCc1ccc(Cl)cc1Cl. The molecule has 0 saturated carbocycles. The summed E-state index contributed by atoms with van der Waals surface area (Å²) in [5.41, 5.74) is 9.79. The van der Waals surface area contributed by atoms with E-state index < -0.39 is 17.7 Å². The molecule has 0 aliphatic carbocycles. The first-order valence-corrected chi connectivity index (χ1v) is 11.2. The highest BCUT2D eigenvalue weighted by Crippen LogP contribution is 2.30. The standard InChI is InChI=1S/C25H22Cl2N4O5/c1-14(30-31-25(34)24(33)29-19-8-4-15(5-9-19)23(28)32)16-6-10-21(22(11-16)35-2)36-13-17-3-7-18(26)12-20(17)27/h3-12H,13H2,1-2H3,(H2,28,32)(H,29,33)(H,31,34)/b30-14+. The number of hydrogen-bond donors (Lipinski definition) is 3. The third kappa shape index (κ3) is 6.97. The highest BCUT2D eigenvalue weighted by molar-refractivity contribution is 6.39. The Morgan fingerprint density at radius 2 is 1.61 bits per heavy atom. The largest absolute Gasteiger partial charge is 0.493 e. The molecule has 3 aromatic carbocycles. The van der Waals surface area contributed by atoms with Gasteiger partial charge in [-0.2, -0.15) is 5.10 Å². The number of primary amides is 1. The number of hydrazone groups is 1. The zero-order chi connectivity index (χ0) is 26.2. The van der Waals surface area contributed by atoms with Gasteiger partial charge in [0.25, 0.3) is 0 Å². The van der Waals surface area contributed by atoms with E-state index in [4.69, 9.17) is 38.4 Å². The van der Waals surface area contributed by atoms with Gasteiger partial charge in [-0.1, -0.05) is 29.3 Å². The van der Waals surface area contributed by atoms with Crippen LogP contribution in [0.3, 0.4) is 0 Å². The molecule has 11 heteroatoms. The molecule has 0 saturated heterocycles. The van der Waals surface area contributed by atoms with Crippen LogP contribution in [0, 0.1) is 0 Å². The lowest BCUT2D eigenvalue weighted by atomic mass is 10.1. The van der Waals surface area contributed by atoms with Gasteiger partial charge in [0.15, 0.2) is 11.5 Å². The number of nitrogens with one attached hydrogen (secondary N) is 2. The third-order valence-electron chi connectivity index (χ3n) is 4.94. The summed E-state index contributed by atoms with van der Waals surface area (Å²) < 4.78 is 11.2. The van der Waals surface area contributed by atoms with E-state index in [-0.39, 0.29) is 12.2 Å². The van der Waals surface area contributed by atoms with Crippen LogP contribution in [0.4, 0.5) is 5.69 Å². The Hall–Kier alpha value is -4.08. The summed E-state index contributed by atoms with van der Waals surface area (Å²) in [6.07, 6.45) is 0. The molecule has 9 nitrogen and oxygen atoms in total. The summed E-state index contributed by atoms with van der Waals surface area (Å²) in [7, 11) is 1.50. The van der Waals surface area contributed by atoms with Gasteiger partial charge in [0.2, 0.25) is 5.91 Å². The fourth-order valence-corrected chi connectivity index (χ4v) is 3.42. The summed E-state index contributed by atoms with van der Waals surface area (Å²) >= 11 is 12.1. The topological polar surface area (TPSA) is 132 Å². The first kappa shape index (κ1) is 26.5. The predicted octanol–water partition coefficient (Wildman–Crippen LogP) is 4.16. The fraction of sp³-hybridized carbons (Fsp3) is 0.120. The Labute approximate surface area is 217 Å². The number of halogens is 2. The van der Waals surface area contributed by atoms with Gasteiger partial charge in [-0.25, -0.2) is 5.43 Å². The first-order chi connectivity index (χ1) is 17.2. The lowest BCUT2D eigenvalue weighted by Gasteiger charge is -2.13. The van der Waals surface area contributed by atoms with Crippen molar-refractivity contribution in [3.8, 4) is 11.5 Å². The minimum Gasteiger partial charge on any atom is -0.493 e. The van der Waals surface area contributed by atoms with Crippen molar-refractivity contribution in [1.29, 1.82) is 0 Å². The van der Waals surface area contributed by atoms with Crippen LogP contribution in [-0.2, 0) is 16.2 Å². The van der Waals surface area contributed by atoms with E-state index >= 15 is 0 Å². The number of hydrogen-bond acceptors (Lipinski definition) is 6. The Bertz CT molecular complexity index is 1330.